The average Bonchev–Trinajstić information content (AvgIpc) is 2.89. The fourth-order valence-electron chi connectivity index (χ4n) is 2.65. The van der Waals surface area contributed by atoms with E-state index >= 15 is 0 Å². The fraction of sp³-hybridized carbons (Fsp3) is 0.222. The minimum absolute atomic E-state index is 0.00373. The first kappa shape index (κ1) is 16.0. The van der Waals surface area contributed by atoms with E-state index in [1.165, 1.54) is 6.07 Å². The van der Waals surface area contributed by atoms with Gasteiger partial charge in [0.1, 0.15) is 29.8 Å². The molecule has 1 atom stereocenters. The highest BCUT2D eigenvalue weighted by Gasteiger charge is 2.15. The summed E-state index contributed by atoms with van der Waals surface area (Å²) in [5.74, 6) is -0.00557. The SMILES string of the molecule is Cc1nc2ccccc2n1CC(O)COc1ccccc1C(=O)O. The molecule has 124 valence electrons. The molecule has 1 aromatic heterocycles. The quantitative estimate of drug-likeness (QED) is 0.727. The third kappa shape index (κ3) is 3.23. The summed E-state index contributed by atoms with van der Waals surface area (Å²) in [6.45, 7) is 2.20. The molecule has 0 aliphatic carbocycles. The highest BCUT2D eigenvalue weighted by atomic mass is 16.5. The van der Waals surface area contributed by atoms with Crippen molar-refractivity contribution in [3.8, 4) is 5.75 Å². The molecule has 0 aliphatic rings. The van der Waals surface area contributed by atoms with Crippen molar-refractivity contribution in [1.82, 2.24) is 9.55 Å². The lowest BCUT2D eigenvalue weighted by molar-refractivity contribution is 0.0677. The van der Waals surface area contributed by atoms with Crippen molar-refractivity contribution in [3.63, 3.8) is 0 Å². The third-order valence-corrected chi connectivity index (χ3v) is 3.79. The monoisotopic (exact) mass is 326 g/mol. The number of ether oxygens (including phenoxy) is 1. The van der Waals surface area contributed by atoms with Gasteiger partial charge in [0.15, 0.2) is 0 Å². The van der Waals surface area contributed by atoms with E-state index in [0.717, 1.165) is 16.9 Å². The Kier molecular flexibility index (Phi) is 4.48. The highest BCUT2D eigenvalue weighted by Crippen LogP contribution is 2.19. The molecule has 0 aliphatic heterocycles. The number of fused-ring (bicyclic) bond motifs is 1. The van der Waals surface area contributed by atoms with Gasteiger partial charge in [0.05, 0.1) is 17.6 Å². The minimum atomic E-state index is -1.06. The number of benzene rings is 2. The minimum Gasteiger partial charge on any atom is -0.490 e. The number of aliphatic hydroxyl groups excluding tert-OH is 1. The molecule has 1 unspecified atom stereocenters. The summed E-state index contributed by atoms with van der Waals surface area (Å²) >= 11 is 0. The summed E-state index contributed by atoms with van der Waals surface area (Å²) in [6.07, 6.45) is -0.789. The Morgan fingerprint density at radius 2 is 1.92 bits per heavy atom. The van der Waals surface area contributed by atoms with E-state index < -0.39 is 12.1 Å². The van der Waals surface area contributed by atoms with E-state index in [4.69, 9.17) is 9.84 Å². The number of aryl methyl sites for hydroxylation is 1. The van der Waals surface area contributed by atoms with Gasteiger partial charge in [-0.2, -0.15) is 0 Å². The van der Waals surface area contributed by atoms with Gasteiger partial charge >= 0.3 is 5.97 Å². The molecular weight excluding hydrogens is 308 g/mol. The van der Waals surface area contributed by atoms with Crippen molar-refractivity contribution >= 4 is 17.0 Å². The van der Waals surface area contributed by atoms with Gasteiger partial charge in [-0.3, -0.25) is 0 Å². The number of hydrogen-bond donors (Lipinski definition) is 2. The Hall–Kier alpha value is -2.86. The number of rotatable bonds is 6. The molecule has 6 heteroatoms. The molecule has 2 N–H and O–H groups in total. The van der Waals surface area contributed by atoms with E-state index in [9.17, 15) is 9.90 Å². The van der Waals surface area contributed by atoms with E-state index in [1.807, 2.05) is 35.8 Å². The average molecular weight is 326 g/mol. The first-order valence-electron chi connectivity index (χ1n) is 7.61. The second kappa shape index (κ2) is 6.72. The maximum atomic E-state index is 11.2. The van der Waals surface area contributed by atoms with Crippen LogP contribution in [-0.2, 0) is 6.54 Å². The zero-order valence-corrected chi connectivity index (χ0v) is 13.2. The van der Waals surface area contributed by atoms with Crippen LogP contribution in [0.4, 0.5) is 0 Å². The molecule has 0 saturated heterocycles. The molecule has 3 rings (SSSR count). The molecule has 0 radical (unpaired) electrons. The maximum Gasteiger partial charge on any atom is 0.339 e. The van der Waals surface area contributed by atoms with E-state index in [1.54, 1.807) is 18.2 Å². The summed E-state index contributed by atoms with van der Waals surface area (Å²) in [6, 6.07) is 14.1. The molecule has 0 fully saturated rings. The molecule has 3 aromatic rings. The summed E-state index contributed by atoms with van der Waals surface area (Å²) in [5.41, 5.74) is 1.90. The molecule has 24 heavy (non-hydrogen) atoms. The molecule has 0 saturated carbocycles. The Balaban J connectivity index is 1.71. The van der Waals surface area contributed by atoms with Gasteiger partial charge < -0.3 is 19.5 Å². The first-order valence-corrected chi connectivity index (χ1v) is 7.61. The van der Waals surface area contributed by atoms with Crippen LogP contribution in [0.1, 0.15) is 16.2 Å². The summed E-state index contributed by atoms with van der Waals surface area (Å²) in [4.78, 5) is 15.6. The van der Waals surface area contributed by atoms with Crippen LogP contribution in [0.5, 0.6) is 5.75 Å². The fourth-order valence-corrected chi connectivity index (χ4v) is 2.65. The molecule has 1 heterocycles. The molecule has 0 amide bonds. The number of imidazole rings is 1. The van der Waals surface area contributed by atoms with Crippen molar-refractivity contribution < 1.29 is 19.7 Å². The van der Waals surface area contributed by atoms with Gasteiger partial charge in [-0.05, 0) is 31.2 Å². The number of nitrogens with zero attached hydrogens (tertiary/aromatic N) is 2. The number of carbonyl (C=O) groups is 1. The second-order valence-corrected chi connectivity index (χ2v) is 5.52. The maximum absolute atomic E-state index is 11.2. The molecular formula is C18H18N2O4. The third-order valence-electron chi connectivity index (χ3n) is 3.79. The van der Waals surface area contributed by atoms with Crippen LogP contribution in [0.3, 0.4) is 0 Å². The number of carboxylic acid groups (broad SMARTS) is 1. The van der Waals surface area contributed by atoms with Crippen LogP contribution in [0.2, 0.25) is 0 Å². The normalized spacial score (nSPS) is 12.2. The van der Waals surface area contributed by atoms with Crippen LogP contribution in [0.25, 0.3) is 11.0 Å². The molecule has 2 aromatic carbocycles. The number of carboxylic acids is 1. The van der Waals surface area contributed by atoms with Crippen LogP contribution in [0.15, 0.2) is 48.5 Å². The number of aromatic nitrogens is 2. The first-order chi connectivity index (χ1) is 11.6. The van der Waals surface area contributed by atoms with Crippen molar-refractivity contribution in [1.29, 1.82) is 0 Å². The highest BCUT2D eigenvalue weighted by molar-refractivity contribution is 5.90. The summed E-state index contributed by atoms with van der Waals surface area (Å²) in [7, 11) is 0. The number of para-hydroxylation sites is 3. The van der Waals surface area contributed by atoms with E-state index in [-0.39, 0.29) is 17.9 Å². The van der Waals surface area contributed by atoms with Crippen molar-refractivity contribution in [2.24, 2.45) is 0 Å². The van der Waals surface area contributed by atoms with Gasteiger partial charge in [0.2, 0.25) is 0 Å². The van der Waals surface area contributed by atoms with Gasteiger partial charge in [-0.1, -0.05) is 24.3 Å². The number of hydrogen-bond acceptors (Lipinski definition) is 4. The van der Waals surface area contributed by atoms with Crippen LogP contribution >= 0.6 is 0 Å². The van der Waals surface area contributed by atoms with E-state index in [0.29, 0.717) is 6.54 Å². The zero-order chi connectivity index (χ0) is 17.1. The standard InChI is InChI=1S/C18H18N2O4/c1-12-19-15-7-3-4-8-16(15)20(12)10-13(21)11-24-17-9-5-2-6-14(17)18(22)23/h2-9,13,21H,10-11H2,1H3,(H,22,23). The molecule has 6 nitrogen and oxygen atoms in total. The zero-order valence-electron chi connectivity index (χ0n) is 13.2. The number of aliphatic hydroxyl groups is 1. The Morgan fingerprint density at radius 1 is 1.21 bits per heavy atom. The van der Waals surface area contributed by atoms with Gasteiger partial charge in [-0.15, -0.1) is 0 Å². The lowest BCUT2D eigenvalue weighted by Crippen LogP contribution is -2.24. The smallest absolute Gasteiger partial charge is 0.339 e. The van der Waals surface area contributed by atoms with Gasteiger partial charge in [0, 0.05) is 0 Å². The van der Waals surface area contributed by atoms with Gasteiger partial charge in [-0.25, -0.2) is 9.78 Å². The van der Waals surface area contributed by atoms with E-state index in [2.05, 4.69) is 4.98 Å². The van der Waals surface area contributed by atoms with Crippen molar-refractivity contribution in [3.05, 3.63) is 59.9 Å². The van der Waals surface area contributed by atoms with Crippen molar-refractivity contribution in [2.45, 2.75) is 19.6 Å². The van der Waals surface area contributed by atoms with Crippen LogP contribution in [-0.4, -0.2) is 38.4 Å². The Bertz CT molecular complexity index is 872. The summed E-state index contributed by atoms with van der Waals surface area (Å²) in [5, 5.41) is 19.4. The van der Waals surface area contributed by atoms with Crippen LogP contribution in [0, 0.1) is 6.92 Å². The number of aromatic carboxylic acids is 1. The molecule has 0 bridgehead atoms. The lowest BCUT2D eigenvalue weighted by atomic mass is 10.2. The van der Waals surface area contributed by atoms with Crippen molar-refractivity contribution in [2.75, 3.05) is 6.61 Å². The van der Waals surface area contributed by atoms with Crippen LogP contribution < -0.4 is 4.74 Å². The predicted octanol–water partition coefficient (Wildman–Crippen LogP) is 2.48. The lowest BCUT2D eigenvalue weighted by Gasteiger charge is -2.15. The topological polar surface area (TPSA) is 84.6 Å². The molecule has 0 spiro atoms. The largest absolute Gasteiger partial charge is 0.490 e. The van der Waals surface area contributed by atoms with Gasteiger partial charge in [0.25, 0.3) is 0 Å². The summed E-state index contributed by atoms with van der Waals surface area (Å²) < 4.78 is 7.42. The predicted molar refractivity (Wildman–Crippen MR) is 89.4 cm³/mol. The Labute approximate surface area is 138 Å². The second-order valence-electron chi connectivity index (χ2n) is 5.52. The Morgan fingerprint density at radius 3 is 2.71 bits per heavy atom.